The topological polar surface area (TPSA) is 114 Å². The number of fused-ring (bicyclic) bond motifs is 3. The number of carbonyl (C=O) groups excluding carboxylic acids is 2. The average molecular weight is 467 g/mol. The predicted molar refractivity (Wildman–Crippen MR) is 125 cm³/mol. The van der Waals surface area contributed by atoms with Crippen molar-refractivity contribution >= 4 is 18.0 Å². The number of ether oxygens (including phenoxy) is 2. The van der Waals surface area contributed by atoms with E-state index in [2.05, 4.69) is 34.9 Å². The molecule has 2 aliphatic carbocycles. The monoisotopic (exact) mass is 466 g/mol. The first-order valence-electron chi connectivity index (χ1n) is 11.6. The minimum absolute atomic E-state index is 0.0594. The van der Waals surface area contributed by atoms with Gasteiger partial charge in [0.2, 0.25) is 5.91 Å². The summed E-state index contributed by atoms with van der Waals surface area (Å²) in [4.78, 5) is 36.4. The highest BCUT2D eigenvalue weighted by molar-refractivity contribution is 5.86. The summed E-state index contributed by atoms with van der Waals surface area (Å²) in [7, 11) is 1.31. The molecule has 2 aliphatic rings. The van der Waals surface area contributed by atoms with E-state index in [4.69, 9.17) is 14.6 Å². The largest absolute Gasteiger partial charge is 0.479 e. The number of nitrogens with one attached hydrogen (secondary N) is 2. The summed E-state index contributed by atoms with van der Waals surface area (Å²) in [5, 5.41) is 14.5. The number of rotatable bonds is 11. The van der Waals surface area contributed by atoms with Gasteiger partial charge in [-0.2, -0.15) is 0 Å². The van der Waals surface area contributed by atoms with Crippen molar-refractivity contribution in [3.05, 3.63) is 59.7 Å². The lowest BCUT2D eigenvalue weighted by Crippen LogP contribution is -2.48. The summed E-state index contributed by atoms with van der Waals surface area (Å²) in [6, 6.07) is 15.5. The second kappa shape index (κ2) is 10.7. The Kier molecular flexibility index (Phi) is 7.47. The van der Waals surface area contributed by atoms with E-state index >= 15 is 0 Å². The van der Waals surface area contributed by atoms with Gasteiger partial charge < -0.3 is 25.2 Å². The van der Waals surface area contributed by atoms with Crippen LogP contribution in [0.2, 0.25) is 0 Å². The lowest BCUT2D eigenvalue weighted by Gasteiger charge is -2.20. The maximum absolute atomic E-state index is 12.7. The van der Waals surface area contributed by atoms with Gasteiger partial charge >= 0.3 is 12.1 Å². The lowest BCUT2D eigenvalue weighted by atomic mass is 9.98. The number of carbonyl (C=O) groups is 3. The number of methoxy groups -OCH3 is 1. The number of alkyl carbamates (subject to hydrolysis) is 1. The van der Waals surface area contributed by atoms with Gasteiger partial charge in [-0.25, -0.2) is 9.59 Å². The highest BCUT2D eigenvalue weighted by Gasteiger charge is 2.32. The predicted octanol–water partition coefficient (Wildman–Crippen LogP) is 3.30. The molecule has 8 heteroatoms. The molecule has 2 atom stereocenters. The summed E-state index contributed by atoms with van der Waals surface area (Å²) in [6.45, 7) is 0.308. The van der Waals surface area contributed by atoms with Gasteiger partial charge in [-0.05, 0) is 34.6 Å². The van der Waals surface area contributed by atoms with Crippen molar-refractivity contribution in [2.24, 2.45) is 5.92 Å². The molecule has 2 unspecified atom stereocenters. The van der Waals surface area contributed by atoms with Crippen LogP contribution < -0.4 is 10.6 Å². The fourth-order valence-electron chi connectivity index (χ4n) is 4.49. The van der Waals surface area contributed by atoms with Crippen LogP contribution in [0, 0.1) is 5.92 Å². The van der Waals surface area contributed by atoms with Gasteiger partial charge in [0.15, 0.2) is 6.10 Å². The first kappa shape index (κ1) is 23.8. The Morgan fingerprint density at radius 2 is 1.65 bits per heavy atom. The third-order valence-electron chi connectivity index (χ3n) is 6.48. The zero-order valence-corrected chi connectivity index (χ0v) is 19.2. The van der Waals surface area contributed by atoms with Crippen molar-refractivity contribution in [1.82, 2.24) is 10.6 Å². The minimum atomic E-state index is -1.08. The van der Waals surface area contributed by atoms with E-state index in [1.807, 2.05) is 24.3 Å². The maximum atomic E-state index is 12.7. The number of carboxylic acids is 1. The van der Waals surface area contributed by atoms with Gasteiger partial charge in [-0.1, -0.05) is 61.4 Å². The number of hydrogen-bond acceptors (Lipinski definition) is 5. The summed E-state index contributed by atoms with van der Waals surface area (Å²) < 4.78 is 10.5. The third kappa shape index (κ3) is 5.56. The molecule has 1 fully saturated rings. The molecule has 0 bridgehead atoms. The van der Waals surface area contributed by atoms with E-state index in [1.165, 1.54) is 7.11 Å². The van der Waals surface area contributed by atoms with Crippen LogP contribution in [0.15, 0.2) is 48.5 Å². The molecule has 34 heavy (non-hydrogen) atoms. The Morgan fingerprint density at radius 1 is 1.03 bits per heavy atom. The summed E-state index contributed by atoms with van der Waals surface area (Å²) in [6.07, 6.45) is 1.10. The SMILES string of the molecule is COC(CCNC(=O)C(CC1CC1)NC(=O)OCC1c2ccccc2-c2ccccc21)C(=O)O. The van der Waals surface area contributed by atoms with Gasteiger partial charge in [0.25, 0.3) is 0 Å². The van der Waals surface area contributed by atoms with E-state index in [9.17, 15) is 14.4 Å². The molecule has 2 aromatic carbocycles. The average Bonchev–Trinajstić information content (AvgIpc) is 3.60. The Labute approximate surface area is 198 Å². The van der Waals surface area contributed by atoms with E-state index in [-0.39, 0.29) is 31.4 Å². The summed E-state index contributed by atoms with van der Waals surface area (Å²) >= 11 is 0. The number of hydrogen-bond donors (Lipinski definition) is 3. The molecule has 0 radical (unpaired) electrons. The van der Waals surface area contributed by atoms with Crippen LogP contribution in [-0.4, -0.2) is 55.5 Å². The molecular weight excluding hydrogens is 436 g/mol. The zero-order chi connectivity index (χ0) is 24.1. The van der Waals surface area contributed by atoms with Gasteiger partial charge in [-0.15, -0.1) is 0 Å². The number of carboxylic acid groups (broad SMARTS) is 1. The number of benzene rings is 2. The van der Waals surface area contributed by atoms with E-state index < -0.39 is 24.2 Å². The van der Waals surface area contributed by atoms with Crippen molar-refractivity contribution in [2.45, 2.75) is 43.7 Å². The fourth-order valence-corrected chi connectivity index (χ4v) is 4.49. The molecule has 2 aromatic rings. The Balaban J connectivity index is 1.34. The van der Waals surface area contributed by atoms with Crippen LogP contribution in [0.25, 0.3) is 11.1 Å². The van der Waals surface area contributed by atoms with Crippen LogP contribution in [-0.2, 0) is 19.1 Å². The summed E-state index contributed by atoms with van der Waals surface area (Å²) in [5.74, 6) is -1.09. The highest BCUT2D eigenvalue weighted by atomic mass is 16.5. The van der Waals surface area contributed by atoms with Gasteiger partial charge in [0, 0.05) is 26.0 Å². The van der Waals surface area contributed by atoms with Crippen molar-refractivity contribution < 1.29 is 29.0 Å². The number of aliphatic carboxylic acids is 1. The van der Waals surface area contributed by atoms with Gasteiger partial charge in [-0.3, -0.25) is 4.79 Å². The molecule has 4 rings (SSSR count). The molecule has 0 heterocycles. The van der Waals surface area contributed by atoms with Crippen molar-refractivity contribution in [3.8, 4) is 11.1 Å². The Bertz CT molecular complexity index is 1010. The maximum Gasteiger partial charge on any atom is 0.407 e. The van der Waals surface area contributed by atoms with Crippen LogP contribution in [0.3, 0.4) is 0 Å². The molecule has 0 saturated heterocycles. The lowest BCUT2D eigenvalue weighted by molar-refractivity contribution is -0.149. The minimum Gasteiger partial charge on any atom is -0.479 e. The van der Waals surface area contributed by atoms with E-state index in [0.717, 1.165) is 35.1 Å². The van der Waals surface area contributed by atoms with Crippen molar-refractivity contribution in [3.63, 3.8) is 0 Å². The third-order valence-corrected chi connectivity index (χ3v) is 6.48. The van der Waals surface area contributed by atoms with E-state index in [1.54, 1.807) is 0 Å². The summed E-state index contributed by atoms with van der Waals surface area (Å²) in [5.41, 5.74) is 4.53. The molecule has 180 valence electrons. The highest BCUT2D eigenvalue weighted by Crippen LogP contribution is 2.44. The zero-order valence-electron chi connectivity index (χ0n) is 19.2. The van der Waals surface area contributed by atoms with Crippen molar-refractivity contribution in [1.29, 1.82) is 0 Å². The Morgan fingerprint density at radius 3 is 2.21 bits per heavy atom. The van der Waals surface area contributed by atoms with Crippen LogP contribution in [0.1, 0.15) is 42.7 Å². The molecule has 2 amide bonds. The van der Waals surface area contributed by atoms with Crippen LogP contribution >= 0.6 is 0 Å². The first-order valence-corrected chi connectivity index (χ1v) is 11.6. The smallest absolute Gasteiger partial charge is 0.407 e. The van der Waals surface area contributed by atoms with Crippen LogP contribution in [0.4, 0.5) is 4.79 Å². The normalized spacial score (nSPS) is 16.1. The quantitative estimate of drug-likeness (QED) is 0.468. The molecule has 8 nitrogen and oxygen atoms in total. The van der Waals surface area contributed by atoms with Crippen LogP contribution in [0.5, 0.6) is 0 Å². The second-order valence-electron chi connectivity index (χ2n) is 8.84. The van der Waals surface area contributed by atoms with Gasteiger partial charge in [0.05, 0.1) is 0 Å². The van der Waals surface area contributed by atoms with Gasteiger partial charge in [0.1, 0.15) is 12.6 Å². The fraction of sp³-hybridized carbons (Fsp3) is 0.423. The van der Waals surface area contributed by atoms with E-state index in [0.29, 0.717) is 12.3 Å². The Hall–Kier alpha value is -3.39. The molecule has 1 saturated carbocycles. The number of amides is 2. The molecule has 0 aliphatic heterocycles. The second-order valence-corrected chi connectivity index (χ2v) is 8.84. The molecular formula is C26H30N2O6. The first-order chi connectivity index (χ1) is 16.5. The molecule has 0 aromatic heterocycles. The molecule has 3 N–H and O–H groups in total. The molecule has 0 spiro atoms. The standard InChI is InChI=1S/C26H30N2O6/c1-33-23(25(30)31)12-13-27-24(29)22(14-16-10-11-16)28-26(32)34-15-21-19-8-4-2-6-17(19)18-7-3-5-9-20(18)21/h2-9,16,21-23H,10-15H2,1H3,(H,27,29)(H,28,32)(H,30,31). The van der Waals surface area contributed by atoms with Crippen molar-refractivity contribution in [2.75, 3.05) is 20.3 Å².